The highest BCUT2D eigenvalue weighted by Crippen LogP contribution is 2.22. The Kier molecular flexibility index (Phi) is 6.44. The SMILES string of the molecule is CN(C)CCNc1ccccc1[N+](=O)[O-].Cl. The zero-order valence-corrected chi connectivity index (χ0v) is 10.2. The summed E-state index contributed by atoms with van der Waals surface area (Å²) < 4.78 is 0. The van der Waals surface area contributed by atoms with Gasteiger partial charge >= 0.3 is 0 Å². The highest BCUT2D eigenvalue weighted by Gasteiger charge is 2.10. The van der Waals surface area contributed by atoms with E-state index in [4.69, 9.17) is 0 Å². The summed E-state index contributed by atoms with van der Waals surface area (Å²) in [6, 6.07) is 6.66. The number of hydrogen-bond donors (Lipinski definition) is 1. The molecule has 0 fully saturated rings. The zero-order chi connectivity index (χ0) is 11.3. The first-order valence-electron chi connectivity index (χ1n) is 4.73. The first kappa shape index (κ1) is 14.7. The maximum atomic E-state index is 10.7. The van der Waals surface area contributed by atoms with Crippen molar-refractivity contribution in [3.63, 3.8) is 0 Å². The van der Waals surface area contributed by atoms with Gasteiger partial charge in [-0.25, -0.2) is 0 Å². The molecule has 6 heteroatoms. The molecule has 0 spiro atoms. The number of hydrogen-bond acceptors (Lipinski definition) is 4. The number of nitro groups is 1. The van der Waals surface area contributed by atoms with Gasteiger partial charge in [0.25, 0.3) is 5.69 Å². The fourth-order valence-corrected chi connectivity index (χ4v) is 1.20. The van der Waals surface area contributed by atoms with Gasteiger partial charge in [0.15, 0.2) is 0 Å². The van der Waals surface area contributed by atoms with Crippen LogP contribution >= 0.6 is 12.4 Å². The highest BCUT2D eigenvalue weighted by molar-refractivity contribution is 5.85. The van der Waals surface area contributed by atoms with E-state index in [1.165, 1.54) is 6.07 Å². The maximum absolute atomic E-state index is 10.7. The van der Waals surface area contributed by atoms with Crippen LogP contribution in [-0.4, -0.2) is 37.0 Å². The summed E-state index contributed by atoms with van der Waals surface area (Å²) >= 11 is 0. The first-order valence-corrected chi connectivity index (χ1v) is 4.73. The third kappa shape index (κ3) is 4.46. The van der Waals surface area contributed by atoms with Crippen molar-refractivity contribution in [1.29, 1.82) is 0 Å². The molecule has 0 bridgehead atoms. The fourth-order valence-electron chi connectivity index (χ4n) is 1.20. The zero-order valence-electron chi connectivity index (χ0n) is 9.34. The molecule has 0 radical (unpaired) electrons. The van der Waals surface area contributed by atoms with Crippen LogP contribution in [0.3, 0.4) is 0 Å². The van der Waals surface area contributed by atoms with E-state index >= 15 is 0 Å². The standard InChI is InChI=1S/C10H15N3O2.ClH/c1-12(2)8-7-11-9-5-3-4-6-10(9)13(14)15;/h3-6,11H,7-8H2,1-2H3;1H. The Labute approximate surface area is 101 Å². The molecule has 0 aliphatic rings. The molecule has 5 nitrogen and oxygen atoms in total. The Hall–Kier alpha value is -1.33. The number of nitrogens with zero attached hydrogens (tertiary/aromatic N) is 2. The monoisotopic (exact) mass is 245 g/mol. The van der Waals surface area contributed by atoms with E-state index in [1.807, 2.05) is 19.0 Å². The molecule has 0 aliphatic carbocycles. The second kappa shape index (κ2) is 7.03. The van der Waals surface area contributed by atoms with Crippen LogP contribution in [0.5, 0.6) is 0 Å². The van der Waals surface area contributed by atoms with Crippen LogP contribution in [0.25, 0.3) is 0 Å². The van der Waals surface area contributed by atoms with Gasteiger partial charge in [0.05, 0.1) is 4.92 Å². The molecule has 0 amide bonds. The molecule has 0 heterocycles. The highest BCUT2D eigenvalue weighted by atomic mass is 35.5. The number of rotatable bonds is 5. The molecule has 0 aromatic heterocycles. The number of para-hydroxylation sites is 2. The maximum Gasteiger partial charge on any atom is 0.292 e. The van der Waals surface area contributed by atoms with Crippen LogP contribution in [-0.2, 0) is 0 Å². The van der Waals surface area contributed by atoms with Gasteiger partial charge < -0.3 is 10.2 Å². The van der Waals surface area contributed by atoms with Gasteiger partial charge in [-0.1, -0.05) is 12.1 Å². The number of halogens is 1. The smallest absolute Gasteiger partial charge is 0.292 e. The van der Waals surface area contributed by atoms with Gasteiger partial charge in [0.2, 0.25) is 0 Å². The fraction of sp³-hybridized carbons (Fsp3) is 0.400. The minimum Gasteiger partial charge on any atom is -0.378 e. The second-order valence-corrected chi connectivity index (χ2v) is 3.50. The van der Waals surface area contributed by atoms with Crippen LogP contribution in [0.2, 0.25) is 0 Å². The Morgan fingerprint density at radius 1 is 1.38 bits per heavy atom. The Morgan fingerprint density at radius 2 is 2.00 bits per heavy atom. The predicted molar refractivity (Wildman–Crippen MR) is 67.4 cm³/mol. The molecular formula is C10H16ClN3O2. The quantitative estimate of drug-likeness (QED) is 0.637. The van der Waals surface area contributed by atoms with E-state index in [9.17, 15) is 10.1 Å². The number of nitrogens with one attached hydrogen (secondary N) is 1. The van der Waals surface area contributed by atoms with E-state index in [-0.39, 0.29) is 23.0 Å². The van der Waals surface area contributed by atoms with Gasteiger partial charge in [0, 0.05) is 19.2 Å². The Morgan fingerprint density at radius 3 is 2.56 bits per heavy atom. The van der Waals surface area contributed by atoms with E-state index in [1.54, 1.807) is 18.2 Å². The van der Waals surface area contributed by atoms with Crippen molar-refractivity contribution in [2.45, 2.75) is 0 Å². The number of likely N-dealkylation sites (N-methyl/N-ethyl adjacent to an activating group) is 1. The van der Waals surface area contributed by atoms with E-state index in [2.05, 4.69) is 5.32 Å². The minimum absolute atomic E-state index is 0. The Bertz CT molecular complexity index is 345. The van der Waals surface area contributed by atoms with Crippen molar-refractivity contribution in [2.75, 3.05) is 32.5 Å². The van der Waals surface area contributed by atoms with Gasteiger partial charge in [0.1, 0.15) is 5.69 Å². The van der Waals surface area contributed by atoms with Crippen LogP contribution in [0.1, 0.15) is 0 Å². The minimum atomic E-state index is -0.377. The molecule has 0 unspecified atom stereocenters. The molecule has 1 aromatic rings. The lowest BCUT2D eigenvalue weighted by molar-refractivity contribution is -0.384. The van der Waals surface area contributed by atoms with Crippen molar-refractivity contribution >= 4 is 23.8 Å². The normalized spacial score (nSPS) is 9.69. The second-order valence-electron chi connectivity index (χ2n) is 3.50. The predicted octanol–water partition coefficient (Wildman–Crippen LogP) is 1.99. The lowest BCUT2D eigenvalue weighted by atomic mass is 10.2. The summed E-state index contributed by atoms with van der Waals surface area (Å²) in [7, 11) is 3.92. The van der Waals surface area contributed by atoms with E-state index in [0.29, 0.717) is 12.2 Å². The molecule has 0 aliphatic heterocycles. The van der Waals surface area contributed by atoms with Crippen LogP contribution in [0, 0.1) is 10.1 Å². The van der Waals surface area contributed by atoms with E-state index in [0.717, 1.165) is 6.54 Å². The number of anilines is 1. The molecule has 1 N–H and O–H groups in total. The summed E-state index contributed by atoms with van der Waals surface area (Å²) in [6.07, 6.45) is 0. The van der Waals surface area contributed by atoms with Crippen molar-refractivity contribution in [3.05, 3.63) is 34.4 Å². The van der Waals surface area contributed by atoms with Crippen LogP contribution < -0.4 is 5.32 Å². The van der Waals surface area contributed by atoms with Crippen LogP contribution in [0.4, 0.5) is 11.4 Å². The first-order chi connectivity index (χ1) is 7.11. The van der Waals surface area contributed by atoms with Crippen molar-refractivity contribution in [2.24, 2.45) is 0 Å². The summed E-state index contributed by atoms with van der Waals surface area (Å²) in [4.78, 5) is 12.3. The van der Waals surface area contributed by atoms with Crippen molar-refractivity contribution in [1.82, 2.24) is 4.90 Å². The molecule has 0 atom stereocenters. The van der Waals surface area contributed by atoms with Crippen molar-refractivity contribution in [3.8, 4) is 0 Å². The van der Waals surface area contributed by atoms with Crippen LogP contribution in [0.15, 0.2) is 24.3 Å². The summed E-state index contributed by atoms with van der Waals surface area (Å²) in [5, 5.41) is 13.7. The third-order valence-electron chi connectivity index (χ3n) is 1.98. The molecule has 1 rings (SSSR count). The summed E-state index contributed by atoms with van der Waals surface area (Å²) in [6.45, 7) is 1.53. The topological polar surface area (TPSA) is 58.4 Å². The molecule has 0 saturated carbocycles. The van der Waals surface area contributed by atoms with E-state index < -0.39 is 0 Å². The summed E-state index contributed by atoms with van der Waals surface area (Å²) in [5.41, 5.74) is 0.695. The Balaban J connectivity index is 0.00000225. The number of benzene rings is 1. The van der Waals surface area contributed by atoms with Gasteiger partial charge in [-0.3, -0.25) is 10.1 Å². The van der Waals surface area contributed by atoms with Gasteiger partial charge in [-0.2, -0.15) is 0 Å². The lowest BCUT2D eigenvalue weighted by Crippen LogP contribution is -2.21. The molecule has 1 aromatic carbocycles. The van der Waals surface area contributed by atoms with Gasteiger partial charge in [-0.05, 0) is 20.2 Å². The average molecular weight is 246 g/mol. The third-order valence-corrected chi connectivity index (χ3v) is 1.98. The molecule has 0 saturated heterocycles. The average Bonchev–Trinajstić information content (AvgIpc) is 2.17. The molecule has 90 valence electrons. The lowest BCUT2D eigenvalue weighted by Gasteiger charge is -2.11. The molecule has 16 heavy (non-hydrogen) atoms. The summed E-state index contributed by atoms with van der Waals surface area (Å²) in [5.74, 6) is 0. The van der Waals surface area contributed by atoms with Gasteiger partial charge in [-0.15, -0.1) is 12.4 Å². The largest absolute Gasteiger partial charge is 0.378 e. The molecular weight excluding hydrogens is 230 g/mol. The number of nitro benzene ring substituents is 1. The van der Waals surface area contributed by atoms with Crippen molar-refractivity contribution < 1.29 is 4.92 Å².